The van der Waals surface area contributed by atoms with Crippen LogP contribution in [-0.2, 0) is 0 Å². The second-order valence-electron chi connectivity index (χ2n) is 6.06. The van der Waals surface area contributed by atoms with Gasteiger partial charge in [0.2, 0.25) is 0 Å². The molecule has 0 radical (unpaired) electrons. The minimum absolute atomic E-state index is 0.506. The summed E-state index contributed by atoms with van der Waals surface area (Å²) < 4.78 is 1.19. The Hall–Kier alpha value is 0.0400. The first-order valence-electron chi connectivity index (χ1n) is 6.68. The van der Waals surface area contributed by atoms with Gasteiger partial charge in [0.1, 0.15) is 0 Å². The van der Waals surface area contributed by atoms with E-state index in [9.17, 15) is 0 Å². The fraction of sp³-hybridized carbons (Fsp3) is 0.600. The van der Waals surface area contributed by atoms with Crippen molar-refractivity contribution in [2.45, 2.75) is 52.0 Å². The Bertz CT molecular complexity index is 417. The van der Waals surface area contributed by atoms with Crippen LogP contribution in [0.1, 0.15) is 46.0 Å². The summed E-state index contributed by atoms with van der Waals surface area (Å²) in [5.74, 6) is 0. The zero-order valence-electron chi connectivity index (χ0n) is 11.1. The molecule has 0 saturated heterocycles. The maximum absolute atomic E-state index is 6.28. The molecule has 0 bridgehead atoms. The molecule has 18 heavy (non-hydrogen) atoms. The second-order valence-corrected chi connectivity index (χ2v) is 7.71. The molecule has 1 aliphatic carbocycles. The van der Waals surface area contributed by atoms with Crippen molar-refractivity contribution in [2.24, 2.45) is 5.41 Å². The summed E-state index contributed by atoms with van der Waals surface area (Å²) in [4.78, 5) is 0. The third-order valence-corrected chi connectivity index (χ3v) is 4.85. The Morgan fingerprint density at radius 2 is 2.06 bits per heavy atom. The fourth-order valence-electron chi connectivity index (χ4n) is 2.63. The van der Waals surface area contributed by atoms with E-state index >= 15 is 0 Å². The lowest BCUT2D eigenvalue weighted by Gasteiger charge is -2.22. The van der Waals surface area contributed by atoms with E-state index in [2.05, 4.69) is 53.9 Å². The van der Waals surface area contributed by atoms with E-state index in [1.54, 1.807) is 0 Å². The van der Waals surface area contributed by atoms with Crippen molar-refractivity contribution in [2.75, 3.05) is 5.32 Å². The predicted molar refractivity (Wildman–Crippen MR) is 88.4 cm³/mol. The molecule has 0 amide bonds. The molecule has 1 aromatic rings. The summed E-state index contributed by atoms with van der Waals surface area (Å²) in [6.45, 7) is 4.76. The molecule has 3 heteroatoms. The van der Waals surface area contributed by atoms with Gasteiger partial charge in [0.05, 0.1) is 10.7 Å². The van der Waals surface area contributed by atoms with E-state index in [1.807, 2.05) is 6.07 Å². The fourth-order valence-corrected chi connectivity index (χ4v) is 3.54. The van der Waals surface area contributed by atoms with Crippen molar-refractivity contribution in [1.29, 1.82) is 0 Å². The number of benzene rings is 1. The quantitative estimate of drug-likeness (QED) is 0.514. The van der Waals surface area contributed by atoms with E-state index in [1.165, 1.54) is 35.7 Å². The number of halogens is 2. The zero-order valence-corrected chi connectivity index (χ0v) is 14.0. The molecule has 0 aromatic heterocycles. The summed E-state index contributed by atoms with van der Waals surface area (Å²) >= 11 is 8.57. The van der Waals surface area contributed by atoms with Gasteiger partial charge in [-0.25, -0.2) is 0 Å². The first-order chi connectivity index (χ1) is 8.46. The number of anilines is 1. The van der Waals surface area contributed by atoms with Crippen molar-refractivity contribution >= 4 is 39.9 Å². The smallest absolute Gasteiger partial charge is 0.0648 e. The Balaban J connectivity index is 2.01. The highest BCUT2D eigenvalue weighted by molar-refractivity contribution is 14.1. The monoisotopic (exact) mass is 377 g/mol. The lowest BCUT2D eigenvalue weighted by molar-refractivity contribution is 0.313. The molecule has 1 fully saturated rings. The molecule has 0 heterocycles. The minimum Gasteiger partial charge on any atom is -0.381 e. The van der Waals surface area contributed by atoms with Crippen molar-refractivity contribution in [3.63, 3.8) is 0 Å². The normalized spacial score (nSPS) is 23.4. The van der Waals surface area contributed by atoms with Gasteiger partial charge >= 0.3 is 0 Å². The van der Waals surface area contributed by atoms with Crippen LogP contribution in [0, 0.1) is 8.99 Å². The van der Waals surface area contributed by atoms with Crippen LogP contribution >= 0.6 is 34.2 Å². The van der Waals surface area contributed by atoms with Gasteiger partial charge in [0, 0.05) is 9.61 Å². The van der Waals surface area contributed by atoms with Crippen LogP contribution in [0.3, 0.4) is 0 Å². The molecule has 0 aliphatic heterocycles. The summed E-state index contributed by atoms with van der Waals surface area (Å²) in [6, 6.07) is 6.80. The van der Waals surface area contributed by atoms with Crippen LogP contribution in [0.25, 0.3) is 0 Å². The van der Waals surface area contributed by atoms with E-state index < -0.39 is 0 Å². The molecule has 1 atom stereocenters. The van der Waals surface area contributed by atoms with Crippen LogP contribution in [0.2, 0.25) is 5.02 Å². The number of hydrogen-bond donors (Lipinski definition) is 1. The molecular weight excluding hydrogens is 357 g/mol. The lowest BCUT2D eigenvalue weighted by atomic mass is 9.85. The highest BCUT2D eigenvalue weighted by Crippen LogP contribution is 2.35. The van der Waals surface area contributed by atoms with E-state index in [4.69, 9.17) is 11.6 Å². The Labute approximate surface area is 129 Å². The molecule has 1 saturated carbocycles. The predicted octanol–water partition coefficient (Wildman–Crippen LogP) is 5.72. The summed E-state index contributed by atoms with van der Waals surface area (Å²) in [5.41, 5.74) is 1.59. The van der Waals surface area contributed by atoms with Gasteiger partial charge in [0.25, 0.3) is 0 Å². The maximum Gasteiger partial charge on any atom is 0.0648 e. The summed E-state index contributed by atoms with van der Waals surface area (Å²) in [6.07, 6.45) is 6.45. The van der Waals surface area contributed by atoms with Gasteiger partial charge in [-0.1, -0.05) is 31.9 Å². The molecule has 1 nitrogen and oxygen atoms in total. The Morgan fingerprint density at radius 1 is 1.28 bits per heavy atom. The molecule has 1 aliphatic rings. The van der Waals surface area contributed by atoms with Crippen molar-refractivity contribution in [3.8, 4) is 0 Å². The summed E-state index contributed by atoms with van der Waals surface area (Å²) in [5, 5.41) is 4.46. The van der Waals surface area contributed by atoms with Crippen LogP contribution in [0.5, 0.6) is 0 Å². The molecule has 1 N–H and O–H groups in total. The third kappa shape index (κ3) is 4.02. The van der Waals surface area contributed by atoms with Crippen molar-refractivity contribution in [1.82, 2.24) is 0 Å². The topological polar surface area (TPSA) is 12.0 Å². The van der Waals surface area contributed by atoms with Crippen LogP contribution in [0.15, 0.2) is 18.2 Å². The van der Waals surface area contributed by atoms with Gasteiger partial charge in [-0.15, -0.1) is 0 Å². The first-order valence-corrected chi connectivity index (χ1v) is 8.13. The molecule has 100 valence electrons. The molecule has 0 spiro atoms. The van der Waals surface area contributed by atoms with Crippen LogP contribution in [-0.4, -0.2) is 6.04 Å². The molecular formula is C15H21ClIN. The number of rotatable bonds is 2. The highest BCUT2D eigenvalue weighted by Gasteiger charge is 2.24. The van der Waals surface area contributed by atoms with Gasteiger partial charge < -0.3 is 5.32 Å². The number of nitrogens with one attached hydrogen (secondary N) is 1. The van der Waals surface area contributed by atoms with E-state index in [0.29, 0.717) is 11.5 Å². The zero-order chi connectivity index (χ0) is 13.2. The average molecular weight is 378 g/mol. The van der Waals surface area contributed by atoms with Gasteiger partial charge in [-0.3, -0.25) is 0 Å². The van der Waals surface area contributed by atoms with Gasteiger partial charge in [-0.2, -0.15) is 0 Å². The standard InChI is InChI=1S/C15H21ClIN/c1-15(2)8-3-4-12(7-9-15)18-14-6-5-11(17)10-13(14)16/h5-6,10,12,18H,3-4,7-9H2,1-2H3. The molecule has 2 rings (SSSR count). The number of hydrogen-bond acceptors (Lipinski definition) is 1. The Kier molecular flexibility index (Phi) is 4.81. The molecule has 1 unspecified atom stereocenters. The lowest BCUT2D eigenvalue weighted by Crippen LogP contribution is -2.19. The van der Waals surface area contributed by atoms with Gasteiger partial charge in [-0.05, 0) is 71.9 Å². The first kappa shape index (κ1) is 14.4. The highest BCUT2D eigenvalue weighted by atomic mass is 127. The van der Waals surface area contributed by atoms with Crippen LogP contribution < -0.4 is 5.32 Å². The van der Waals surface area contributed by atoms with Gasteiger partial charge in [0.15, 0.2) is 0 Å². The average Bonchev–Trinajstić information content (AvgIpc) is 2.44. The minimum atomic E-state index is 0.506. The maximum atomic E-state index is 6.28. The van der Waals surface area contributed by atoms with Crippen LogP contribution in [0.4, 0.5) is 5.69 Å². The van der Waals surface area contributed by atoms with E-state index in [0.717, 1.165) is 10.7 Å². The SMILES string of the molecule is CC1(C)CCCC(Nc2ccc(I)cc2Cl)CC1. The molecule has 1 aromatic carbocycles. The second kappa shape index (κ2) is 6.00. The summed E-state index contributed by atoms with van der Waals surface area (Å²) in [7, 11) is 0. The van der Waals surface area contributed by atoms with Crippen molar-refractivity contribution < 1.29 is 0 Å². The largest absolute Gasteiger partial charge is 0.381 e. The third-order valence-electron chi connectivity index (χ3n) is 3.87. The van der Waals surface area contributed by atoms with E-state index in [-0.39, 0.29) is 0 Å². The Morgan fingerprint density at radius 3 is 2.78 bits per heavy atom. The van der Waals surface area contributed by atoms with Crippen molar-refractivity contribution in [3.05, 3.63) is 26.8 Å².